The summed E-state index contributed by atoms with van der Waals surface area (Å²) in [5.74, 6) is -4.10. The lowest BCUT2D eigenvalue weighted by molar-refractivity contribution is -0.131. The Labute approximate surface area is 248 Å². The second-order valence-corrected chi connectivity index (χ2v) is 12.4. The van der Waals surface area contributed by atoms with Crippen molar-refractivity contribution in [3.05, 3.63) is 101 Å². The highest BCUT2D eigenvalue weighted by Crippen LogP contribution is 2.63. The number of hydrogen-bond acceptors (Lipinski definition) is 5. The molecule has 3 fully saturated rings. The molecule has 2 heterocycles. The Kier molecular flexibility index (Phi) is 5.96. The molecule has 7 rings (SSSR count). The molecule has 8 heteroatoms. The number of phenolic OH excluding ortho intramolecular Hbond substituents is 1. The van der Waals surface area contributed by atoms with Crippen LogP contribution in [0.5, 0.6) is 5.75 Å². The fraction of sp³-hybridized carbons (Fsp3) is 0.294. The zero-order valence-electron chi connectivity index (χ0n) is 23.2. The largest absolute Gasteiger partial charge is 0.508 e. The van der Waals surface area contributed by atoms with Crippen LogP contribution in [-0.4, -0.2) is 28.7 Å². The molecule has 0 aromatic heterocycles. The van der Waals surface area contributed by atoms with E-state index in [1.807, 2.05) is 32.1 Å². The topological polar surface area (TPSA) is 95.0 Å². The molecule has 3 aromatic rings. The average molecular weight is 581 g/mol. The molecule has 4 aliphatic rings. The van der Waals surface area contributed by atoms with Crippen molar-refractivity contribution >= 4 is 46.6 Å². The van der Waals surface area contributed by atoms with Crippen molar-refractivity contribution in [1.82, 2.24) is 0 Å². The molecule has 3 aromatic carbocycles. The molecule has 4 amide bonds. The van der Waals surface area contributed by atoms with E-state index in [-0.39, 0.29) is 35.8 Å². The monoisotopic (exact) mass is 580 g/mol. The summed E-state index contributed by atoms with van der Waals surface area (Å²) in [6.45, 7) is 3.69. The molecule has 42 heavy (non-hydrogen) atoms. The Bertz CT molecular complexity index is 1720. The normalized spacial score (nSPS) is 30.3. The molecule has 212 valence electrons. The Hall–Kier alpha value is -4.23. The van der Waals surface area contributed by atoms with Crippen molar-refractivity contribution in [3.8, 4) is 5.75 Å². The van der Waals surface area contributed by atoms with Crippen LogP contribution in [0.25, 0.3) is 0 Å². The van der Waals surface area contributed by atoms with Crippen LogP contribution in [0.2, 0.25) is 5.02 Å². The van der Waals surface area contributed by atoms with Gasteiger partial charge in [0.25, 0.3) is 0 Å². The number of nitrogens with zero attached hydrogens (tertiary/aromatic N) is 2. The highest BCUT2D eigenvalue weighted by molar-refractivity contribution is 6.32. The number of phenols is 1. The molecule has 0 spiro atoms. The number of rotatable bonds is 3. The van der Waals surface area contributed by atoms with Crippen LogP contribution in [0.15, 0.2) is 84.4 Å². The van der Waals surface area contributed by atoms with Gasteiger partial charge in [-0.2, -0.15) is 0 Å². The summed E-state index contributed by atoms with van der Waals surface area (Å²) in [6.07, 6.45) is 2.62. The van der Waals surface area contributed by atoms with Crippen molar-refractivity contribution in [3.63, 3.8) is 0 Å². The molecule has 1 N–H and O–H groups in total. The minimum absolute atomic E-state index is 0.0512. The number of para-hydroxylation sites is 1. The molecule has 2 aliphatic heterocycles. The Balaban J connectivity index is 1.36. The van der Waals surface area contributed by atoms with E-state index >= 15 is 0 Å². The third-order valence-corrected chi connectivity index (χ3v) is 10.3. The number of aryl methyl sites for hydroxylation is 1. The van der Waals surface area contributed by atoms with Gasteiger partial charge in [0.05, 0.1) is 34.5 Å². The fourth-order valence-electron chi connectivity index (χ4n) is 7.90. The number of carbonyl (C=O) groups excluding carboxylic acids is 4. The number of anilines is 2. The lowest BCUT2D eigenvalue weighted by Gasteiger charge is -2.49. The highest BCUT2D eigenvalue weighted by atomic mass is 35.5. The van der Waals surface area contributed by atoms with Gasteiger partial charge in [-0.1, -0.05) is 59.6 Å². The number of amides is 4. The summed E-state index contributed by atoms with van der Waals surface area (Å²) in [6, 6.07) is 20.8. The van der Waals surface area contributed by atoms with Gasteiger partial charge < -0.3 is 5.11 Å². The molecule has 2 aliphatic carbocycles. The van der Waals surface area contributed by atoms with E-state index in [2.05, 4.69) is 0 Å². The molecule has 7 nitrogen and oxygen atoms in total. The minimum Gasteiger partial charge on any atom is -0.508 e. The number of carbonyl (C=O) groups is 4. The molecular formula is C34H29ClN2O5. The van der Waals surface area contributed by atoms with E-state index in [1.165, 1.54) is 9.80 Å². The molecule has 6 atom stereocenters. The summed E-state index contributed by atoms with van der Waals surface area (Å²) >= 11 is 6.37. The fourth-order valence-corrected chi connectivity index (χ4v) is 8.07. The zero-order valence-corrected chi connectivity index (χ0v) is 23.9. The smallest absolute Gasteiger partial charge is 0.241 e. The summed E-state index contributed by atoms with van der Waals surface area (Å²) in [5, 5.41) is 10.9. The Morgan fingerprint density at radius 2 is 1.60 bits per heavy atom. The SMILES string of the molecule is Cc1ccc(N2C(=O)[C@H]3[C@H](CC=C4[C@H]3C[C@H]3C(=O)N(c5ccccc5)C(=O)[C@@]3(C)[C@H]4c3cccc(O)c3)C2=O)cc1Cl. The van der Waals surface area contributed by atoms with Gasteiger partial charge in [-0.15, -0.1) is 0 Å². The number of halogens is 1. The van der Waals surface area contributed by atoms with Gasteiger partial charge in [-0.3, -0.25) is 19.2 Å². The average Bonchev–Trinajstić information content (AvgIpc) is 3.34. The van der Waals surface area contributed by atoms with Gasteiger partial charge in [-0.25, -0.2) is 9.80 Å². The maximum atomic E-state index is 14.3. The number of benzene rings is 3. The third kappa shape index (κ3) is 3.59. The van der Waals surface area contributed by atoms with Crippen molar-refractivity contribution < 1.29 is 24.3 Å². The summed E-state index contributed by atoms with van der Waals surface area (Å²) < 4.78 is 0. The lowest BCUT2D eigenvalue weighted by atomic mass is 9.51. The van der Waals surface area contributed by atoms with Gasteiger partial charge in [0.15, 0.2) is 0 Å². The first-order valence-corrected chi connectivity index (χ1v) is 14.6. The van der Waals surface area contributed by atoms with Gasteiger partial charge >= 0.3 is 0 Å². The van der Waals surface area contributed by atoms with E-state index in [1.54, 1.807) is 60.7 Å². The van der Waals surface area contributed by atoms with E-state index in [9.17, 15) is 24.3 Å². The van der Waals surface area contributed by atoms with E-state index < -0.39 is 35.0 Å². The standard InChI is InChI=1S/C34H29ClN2O5/c1-18-11-12-21(16-27(18)35)36-30(39)24-14-13-23-25(28(24)32(36)41)17-26-31(40)37(20-8-4-3-5-9-20)33(42)34(26,2)29(23)19-7-6-10-22(38)15-19/h3-13,15-16,24-26,28-29,38H,14,17H2,1-2H3/t24-,25+,26-,28-,29-,34+/m0/s1. The van der Waals surface area contributed by atoms with Crippen molar-refractivity contribution in [2.24, 2.45) is 29.1 Å². The molecule has 0 bridgehead atoms. The predicted molar refractivity (Wildman–Crippen MR) is 158 cm³/mol. The van der Waals surface area contributed by atoms with Crippen molar-refractivity contribution in [1.29, 1.82) is 0 Å². The van der Waals surface area contributed by atoms with Crippen molar-refractivity contribution in [2.75, 3.05) is 9.80 Å². The first kappa shape index (κ1) is 26.7. The number of hydrogen-bond donors (Lipinski definition) is 1. The Morgan fingerprint density at radius 3 is 2.31 bits per heavy atom. The maximum absolute atomic E-state index is 14.3. The number of imide groups is 2. The third-order valence-electron chi connectivity index (χ3n) is 9.91. The molecular weight excluding hydrogens is 552 g/mol. The quantitative estimate of drug-likeness (QED) is 0.313. The van der Waals surface area contributed by atoms with Crippen LogP contribution < -0.4 is 9.80 Å². The first-order valence-electron chi connectivity index (χ1n) is 14.2. The van der Waals surface area contributed by atoms with Crippen LogP contribution >= 0.6 is 11.6 Å². The van der Waals surface area contributed by atoms with Crippen LogP contribution in [0, 0.1) is 36.0 Å². The van der Waals surface area contributed by atoms with Gasteiger partial charge in [0.2, 0.25) is 23.6 Å². The first-order chi connectivity index (χ1) is 20.1. The van der Waals surface area contributed by atoms with E-state index in [4.69, 9.17) is 11.6 Å². The summed E-state index contributed by atoms with van der Waals surface area (Å²) in [5.41, 5.74) is 2.21. The minimum atomic E-state index is -1.15. The molecule has 2 saturated heterocycles. The summed E-state index contributed by atoms with van der Waals surface area (Å²) in [4.78, 5) is 58.8. The lowest BCUT2D eigenvalue weighted by Crippen LogP contribution is -2.48. The van der Waals surface area contributed by atoms with Crippen molar-refractivity contribution in [2.45, 2.75) is 32.6 Å². The van der Waals surface area contributed by atoms with Crippen LogP contribution in [-0.2, 0) is 19.2 Å². The number of aromatic hydroxyl groups is 1. The maximum Gasteiger partial charge on any atom is 0.241 e. The van der Waals surface area contributed by atoms with E-state index in [0.717, 1.165) is 11.1 Å². The van der Waals surface area contributed by atoms with Crippen LogP contribution in [0.4, 0.5) is 11.4 Å². The van der Waals surface area contributed by atoms with Gasteiger partial charge in [0.1, 0.15) is 5.75 Å². The van der Waals surface area contributed by atoms with Gasteiger partial charge in [-0.05, 0) is 80.1 Å². The van der Waals surface area contributed by atoms with E-state index in [0.29, 0.717) is 28.4 Å². The molecule has 1 saturated carbocycles. The summed E-state index contributed by atoms with van der Waals surface area (Å²) in [7, 11) is 0. The predicted octanol–water partition coefficient (Wildman–Crippen LogP) is 5.79. The van der Waals surface area contributed by atoms with Gasteiger partial charge in [0, 0.05) is 10.9 Å². The number of fused-ring (bicyclic) bond motifs is 4. The highest BCUT2D eigenvalue weighted by Gasteiger charge is 2.67. The molecule has 0 unspecified atom stereocenters. The Morgan fingerprint density at radius 1 is 0.833 bits per heavy atom. The van der Waals surface area contributed by atoms with Crippen LogP contribution in [0.3, 0.4) is 0 Å². The van der Waals surface area contributed by atoms with Crippen LogP contribution in [0.1, 0.15) is 36.8 Å². The second kappa shape index (κ2) is 9.39. The second-order valence-electron chi connectivity index (χ2n) is 12.0. The zero-order chi connectivity index (χ0) is 29.5. The molecule has 0 radical (unpaired) electrons. The number of allylic oxidation sites excluding steroid dienone is 2.